The Labute approximate surface area is 113 Å². The molecule has 0 aliphatic heterocycles. The molecule has 2 aromatic rings. The normalized spacial score (nSPS) is 10.1. The quantitative estimate of drug-likeness (QED) is 0.940. The van der Waals surface area contributed by atoms with Gasteiger partial charge in [0.25, 0.3) is 0 Å². The van der Waals surface area contributed by atoms with Crippen LogP contribution in [0, 0.1) is 0 Å². The fourth-order valence-electron chi connectivity index (χ4n) is 1.34. The summed E-state index contributed by atoms with van der Waals surface area (Å²) < 4.78 is 11.8. The molecule has 0 aliphatic carbocycles. The van der Waals surface area contributed by atoms with Crippen molar-refractivity contribution >= 4 is 21.6 Å². The number of rotatable bonds is 4. The molecule has 1 heterocycles. The minimum Gasteiger partial charge on any atom is -0.476 e. The van der Waals surface area contributed by atoms with E-state index >= 15 is 0 Å². The highest BCUT2D eigenvalue weighted by Crippen LogP contribution is 2.31. The van der Waals surface area contributed by atoms with Crippen LogP contribution in [0.15, 0.2) is 35.1 Å². The van der Waals surface area contributed by atoms with E-state index in [0.29, 0.717) is 23.9 Å². The first-order valence-corrected chi connectivity index (χ1v) is 6.16. The van der Waals surface area contributed by atoms with Gasteiger partial charge in [-0.1, -0.05) is 22.0 Å². The maximum absolute atomic E-state index is 5.87. The zero-order valence-corrected chi connectivity index (χ0v) is 11.3. The summed E-state index contributed by atoms with van der Waals surface area (Å²) >= 11 is 3.36. The fourth-order valence-corrected chi connectivity index (χ4v) is 1.72. The summed E-state index contributed by atoms with van der Waals surface area (Å²) in [7, 11) is 0. The number of hydrogen-bond acceptors (Lipinski definition) is 5. The van der Waals surface area contributed by atoms with Crippen molar-refractivity contribution in [3.05, 3.63) is 35.1 Å². The van der Waals surface area contributed by atoms with Crippen LogP contribution in [0.5, 0.6) is 17.5 Å². The maximum Gasteiger partial charge on any atom is 0.249 e. The molecule has 0 spiro atoms. The van der Waals surface area contributed by atoms with Gasteiger partial charge in [0, 0.05) is 4.47 Å². The first-order valence-electron chi connectivity index (χ1n) is 5.37. The highest BCUT2D eigenvalue weighted by atomic mass is 79.9. The lowest BCUT2D eigenvalue weighted by atomic mass is 10.3. The summed E-state index contributed by atoms with van der Waals surface area (Å²) in [4.78, 5) is 7.93. The minimum atomic E-state index is 0.284. The third-order valence-corrected chi connectivity index (χ3v) is 2.60. The van der Waals surface area contributed by atoms with E-state index in [4.69, 9.17) is 15.2 Å². The molecule has 0 fully saturated rings. The number of aromatic nitrogens is 2. The molecule has 2 rings (SSSR count). The molecular formula is C12H12BrN3O2. The van der Waals surface area contributed by atoms with Crippen molar-refractivity contribution in [3.8, 4) is 17.5 Å². The molecule has 0 saturated heterocycles. The lowest BCUT2D eigenvalue weighted by Crippen LogP contribution is -2.02. The Morgan fingerprint density at radius 2 is 2.06 bits per heavy atom. The maximum atomic E-state index is 5.87. The second-order valence-corrected chi connectivity index (χ2v) is 4.31. The van der Waals surface area contributed by atoms with Crippen molar-refractivity contribution in [1.82, 2.24) is 9.97 Å². The summed E-state index contributed by atoms with van der Waals surface area (Å²) in [6.45, 7) is 2.34. The fraction of sp³-hybridized carbons (Fsp3) is 0.167. The number of nitrogens with two attached hydrogens (primary N) is 1. The Kier molecular flexibility index (Phi) is 3.99. The summed E-state index contributed by atoms with van der Waals surface area (Å²) in [5.74, 6) is 1.25. The van der Waals surface area contributed by atoms with Crippen LogP contribution in [-0.4, -0.2) is 16.6 Å². The van der Waals surface area contributed by atoms with Crippen molar-refractivity contribution in [1.29, 1.82) is 0 Å². The molecule has 0 bridgehead atoms. The average molecular weight is 310 g/mol. The van der Waals surface area contributed by atoms with Crippen molar-refractivity contribution in [2.45, 2.75) is 6.92 Å². The van der Waals surface area contributed by atoms with Crippen molar-refractivity contribution in [2.75, 3.05) is 12.3 Å². The lowest BCUT2D eigenvalue weighted by molar-refractivity contribution is 0.325. The van der Waals surface area contributed by atoms with Crippen LogP contribution >= 0.6 is 15.9 Å². The van der Waals surface area contributed by atoms with Gasteiger partial charge in [0.1, 0.15) is 12.1 Å². The Morgan fingerprint density at radius 1 is 1.28 bits per heavy atom. The second-order valence-electron chi connectivity index (χ2n) is 3.39. The molecule has 5 nitrogen and oxygen atoms in total. The van der Waals surface area contributed by atoms with Gasteiger partial charge in [0.15, 0.2) is 5.69 Å². The standard InChI is InChI=1S/C12H12BrN3O2/c1-2-17-11-10(14)12(16-7-15-11)18-9-5-3-4-8(13)6-9/h3-7H,2,14H2,1H3. The van der Waals surface area contributed by atoms with Crippen molar-refractivity contribution in [3.63, 3.8) is 0 Å². The van der Waals surface area contributed by atoms with E-state index < -0.39 is 0 Å². The van der Waals surface area contributed by atoms with Gasteiger partial charge in [-0.2, -0.15) is 9.97 Å². The van der Waals surface area contributed by atoms with E-state index in [1.807, 2.05) is 31.2 Å². The number of nitrogen functional groups attached to an aromatic ring is 1. The van der Waals surface area contributed by atoms with E-state index in [2.05, 4.69) is 25.9 Å². The molecule has 0 amide bonds. The van der Waals surface area contributed by atoms with Gasteiger partial charge >= 0.3 is 0 Å². The summed E-state index contributed by atoms with van der Waals surface area (Å²) in [6.07, 6.45) is 1.36. The molecule has 18 heavy (non-hydrogen) atoms. The second kappa shape index (κ2) is 5.68. The van der Waals surface area contributed by atoms with Gasteiger partial charge in [-0.3, -0.25) is 0 Å². The topological polar surface area (TPSA) is 70.3 Å². The van der Waals surface area contributed by atoms with Gasteiger partial charge in [-0.15, -0.1) is 0 Å². The number of halogens is 1. The van der Waals surface area contributed by atoms with Crippen LogP contribution < -0.4 is 15.2 Å². The summed E-state index contributed by atoms with van der Waals surface area (Å²) in [5, 5.41) is 0. The van der Waals surface area contributed by atoms with Crippen LogP contribution in [-0.2, 0) is 0 Å². The number of benzene rings is 1. The van der Waals surface area contributed by atoms with Crippen LogP contribution in [0.2, 0.25) is 0 Å². The molecule has 0 radical (unpaired) electrons. The summed E-state index contributed by atoms with van der Waals surface area (Å²) in [5.41, 5.74) is 6.16. The number of nitrogens with zero attached hydrogens (tertiary/aromatic N) is 2. The molecular weight excluding hydrogens is 298 g/mol. The molecule has 2 N–H and O–H groups in total. The number of ether oxygens (including phenoxy) is 2. The number of hydrogen-bond donors (Lipinski definition) is 1. The smallest absolute Gasteiger partial charge is 0.249 e. The monoisotopic (exact) mass is 309 g/mol. The molecule has 1 aromatic carbocycles. The van der Waals surface area contributed by atoms with Gasteiger partial charge in [-0.05, 0) is 25.1 Å². The molecule has 0 unspecified atom stereocenters. The SMILES string of the molecule is CCOc1ncnc(Oc2cccc(Br)c2)c1N. The van der Waals surface area contributed by atoms with Crippen molar-refractivity contribution in [2.24, 2.45) is 0 Å². The lowest BCUT2D eigenvalue weighted by Gasteiger charge is -2.10. The predicted molar refractivity (Wildman–Crippen MR) is 71.8 cm³/mol. The molecule has 0 saturated carbocycles. The van der Waals surface area contributed by atoms with Gasteiger partial charge < -0.3 is 15.2 Å². The van der Waals surface area contributed by atoms with Crippen LogP contribution in [0.25, 0.3) is 0 Å². The van der Waals surface area contributed by atoms with Crippen LogP contribution in [0.1, 0.15) is 6.92 Å². The third-order valence-electron chi connectivity index (χ3n) is 2.10. The predicted octanol–water partition coefficient (Wildman–Crippen LogP) is 3.01. The highest BCUT2D eigenvalue weighted by molar-refractivity contribution is 9.10. The highest BCUT2D eigenvalue weighted by Gasteiger charge is 2.11. The van der Waals surface area contributed by atoms with Crippen LogP contribution in [0.4, 0.5) is 5.69 Å². The zero-order chi connectivity index (χ0) is 13.0. The first kappa shape index (κ1) is 12.6. The van der Waals surface area contributed by atoms with E-state index in [-0.39, 0.29) is 5.88 Å². The molecule has 0 atom stereocenters. The molecule has 94 valence electrons. The molecule has 6 heteroatoms. The summed E-state index contributed by atoms with van der Waals surface area (Å²) in [6, 6.07) is 7.40. The Balaban J connectivity index is 2.26. The van der Waals surface area contributed by atoms with E-state index in [0.717, 1.165) is 4.47 Å². The van der Waals surface area contributed by atoms with Crippen LogP contribution in [0.3, 0.4) is 0 Å². The van der Waals surface area contributed by atoms with E-state index in [9.17, 15) is 0 Å². The minimum absolute atomic E-state index is 0.284. The van der Waals surface area contributed by atoms with E-state index in [1.54, 1.807) is 0 Å². The third kappa shape index (κ3) is 2.89. The van der Waals surface area contributed by atoms with Gasteiger partial charge in [0.05, 0.1) is 6.61 Å². The molecule has 0 aliphatic rings. The van der Waals surface area contributed by atoms with E-state index in [1.165, 1.54) is 6.33 Å². The first-order chi connectivity index (χ1) is 8.70. The zero-order valence-electron chi connectivity index (χ0n) is 9.76. The Bertz CT molecular complexity index is 549. The van der Waals surface area contributed by atoms with Gasteiger partial charge in [-0.25, -0.2) is 0 Å². The largest absolute Gasteiger partial charge is 0.476 e. The Morgan fingerprint density at radius 3 is 2.78 bits per heavy atom. The molecule has 1 aromatic heterocycles. The Hall–Kier alpha value is -1.82. The average Bonchev–Trinajstić information content (AvgIpc) is 2.35. The number of anilines is 1. The van der Waals surface area contributed by atoms with Crippen molar-refractivity contribution < 1.29 is 9.47 Å². The van der Waals surface area contributed by atoms with Gasteiger partial charge in [0.2, 0.25) is 11.8 Å².